The molecule has 0 saturated heterocycles. The monoisotopic (exact) mass is 409 g/mol. The van der Waals surface area contributed by atoms with Crippen LogP contribution in [0.25, 0.3) is 0 Å². The van der Waals surface area contributed by atoms with Crippen LogP contribution in [0.1, 0.15) is 58.8 Å². The number of hydrogen-bond acceptors (Lipinski definition) is 6. The highest BCUT2D eigenvalue weighted by Gasteiger charge is 2.55. The summed E-state index contributed by atoms with van der Waals surface area (Å²) in [6.07, 6.45) is 5.34. The average Bonchev–Trinajstić information content (AvgIpc) is 2.63. The molecule has 2 N–H and O–H groups in total. The van der Waals surface area contributed by atoms with Crippen molar-refractivity contribution < 1.29 is 33.8 Å². The summed E-state index contributed by atoms with van der Waals surface area (Å²) in [6, 6.07) is -1.53. The minimum absolute atomic E-state index is 0.0490. The number of nitrogens with one attached hydrogen (secondary N) is 1. The Balaban J connectivity index is 1.77. The number of esters is 2. The first-order valence-electron chi connectivity index (χ1n) is 10.6. The van der Waals surface area contributed by atoms with E-state index in [-0.39, 0.29) is 19.1 Å². The maximum atomic E-state index is 13.3. The Hall–Kier alpha value is -2.12. The van der Waals surface area contributed by atoms with E-state index in [9.17, 15) is 24.3 Å². The van der Waals surface area contributed by atoms with Crippen molar-refractivity contribution in [3.05, 3.63) is 0 Å². The minimum Gasteiger partial charge on any atom is -0.480 e. The molecule has 4 saturated carbocycles. The van der Waals surface area contributed by atoms with E-state index in [1.807, 2.05) is 0 Å². The van der Waals surface area contributed by atoms with Gasteiger partial charge >= 0.3 is 17.9 Å². The summed E-state index contributed by atoms with van der Waals surface area (Å²) in [6.45, 7) is 3.39. The topological polar surface area (TPSA) is 119 Å². The van der Waals surface area contributed by atoms with Crippen LogP contribution in [-0.2, 0) is 28.7 Å². The summed E-state index contributed by atoms with van der Waals surface area (Å²) in [5.74, 6) is -2.93. The SMILES string of the molecule is CCOC(=O)C[C@H](C(=O)OCC)[C@@H](NC(=O)C12CC3CC(CC(C3)C1)C2)C(=O)O. The van der Waals surface area contributed by atoms with Gasteiger partial charge in [-0.1, -0.05) is 0 Å². The number of ether oxygens (including phenoxy) is 2. The van der Waals surface area contributed by atoms with Crippen molar-refractivity contribution in [3.63, 3.8) is 0 Å². The van der Waals surface area contributed by atoms with Crippen molar-refractivity contribution in [1.29, 1.82) is 0 Å². The number of carbonyl (C=O) groups is 4. The summed E-state index contributed by atoms with van der Waals surface area (Å²) in [5, 5.41) is 12.4. The lowest BCUT2D eigenvalue weighted by Crippen LogP contribution is -2.58. The van der Waals surface area contributed by atoms with E-state index in [1.165, 1.54) is 0 Å². The predicted molar refractivity (Wildman–Crippen MR) is 102 cm³/mol. The molecule has 4 bridgehead atoms. The van der Waals surface area contributed by atoms with E-state index < -0.39 is 41.7 Å². The number of amides is 1. The lowest BCUT2D eigenvalue weighted by atomic mass is 9.49. The third kappa shape index (κ3) is 4.56. The van der Waals surface area contributed by atoms with Gasteiger partial charge < -0.3 is 19.9 Å². The van der Waals surface area contributed by atoms with Gasteiger partial charge in [0.05, 0.1) is 25.6 Å². The van der Waals surface area contributed by atoms with E-state index in [0.29, 0.717) is 17.8 Å². The Morgan fingerprint density at radius 1 is 0.966 bits per heavy atom. The fourth-order valence-corrected chi connectivity index (χ4v) is 6.00. The van der Waals surface area contributed by atoms with Crippen molar-refractivity contribution in [3.8, 4) is 0 Å². The first-order chi connectivity index (χ1) is 13.8. The Kier molecular flexibility index (Phi) is 6.49. The van der Waals surface area contributed by atoms with Crippen molar-refractivity contribution in [2.45, 2.75) is 64.8 Å². The second kappa shape index (κ2) is 8.71. The molecule has 8 nitrogen and oxygen atoms in total. The zero-order valence-electron chi connectivity index (χ0n) is 17.1. The smallest absolute Gasteiger partial charge is 0.327 e. The number of carboxylic acid groups (broad SMARTS) is 1. The molecular formula is C21H31NO7. The van der Waals surface area contributed by atoms with Crippen LogP contribution in [0, 0.1) is 29.1 Å². The second-order valence-electron chi connectivity index (χ2n) is 8.85. The molecule has 4 fully saturated rings. The molecule has 1 amide bonds. The van der Waals surface area contributed by atoms with Crippen molar-refractivity contribution in [2.24, 2.45) is 29.1 Å². The molecule has 0 spiro atoms. The van der Waals surface area contributed by atoms with E-state index in [1.54, 1.807) is 13.8 Å². The Bertz CT molecular complexity index is 639. The van der Waals surface area contributed by atoms with Crippen LogP contribution in [0.3, 0.4) is 0 Å². The van der Waals surface area contributed by atoms with Gasteiger partial charge in [0.2, 0.25) is 5.91 Å². The molecule has 4 rings (SSSR count). The summed E-state index contributed by atoms with van der Waals surface area (Å²) < 4.78 is 9.87. The van der Waals surface area contributed by atoms with Crippen LogP contribution in [0.4, 0.5) is 0 Å². The van der Waals surface area contributed by atoms with E-state index in [0.717, 1.165) is 38.5 Å². The van der Waals surface area contributed by atoms with Gasteiger partial charge in [-0.3, -0.25) is 14.4 Å². The summed E-state index contributed by atoms with van der Waals surface area (Å²) in [7, 11) is 0. The van der Waals surface area contributed by atoms with Crippen LogP contribution in [-0.4, -0.2) is 48.2 Å². The van der Waals surface area contributed by atoms with Crippen LogP contribution < -0.4 is 5.32 Å². The van der Waals surface area contributed by atoms with Crippen molar-refractivity contribution in [1.82, 2.24) is 5.32 Å². The van der Waals surface area contributed by atoms with Crippen molar-refractivity contribution >= 4 is 23.8 Å². The largest absolute Gasteiger partial charge is 0.480 e. The predicted octanol–water partition coefficient (Wildman–Crippen LogP) is 1.90. The first kappa shape index (κ1) is 21.6. The zero-order valence-corrected chi connectivity index (χ0v) is 17.1. The van der Waals surface area contributed by atoms with Crippen LogP contribution in [0.2, 0.25) is 0 Å². The molecule has 0 unspecified atom stereocenters. The number of rotatable bonds is 9. The van der Waals surface area contributed by atoms with Crippen LogP contribution >= 0.6 is 0 Å². The highest BCUT2D eigenvalue weighted by Crippen LogP contribution is 2.60. The maximum absolute atomic E-state index is 13.3. The fraction of sp³-hybridized carbons (Fsp3) is 0.810. The number of hydrogen-bond donors (Lipinski definition) is 2. The van der Waals surface area contributed by atoms with Gasteiger partial charge in [0.25, 0.3) is 0 Å². The molecule has 0 aromatic heterocycles. The highest BCUT2D eigenvalue weighted by atomic mass is 16.5. The summed E-state index contributed by atoms with van der Waals surface area (Å²) in [5.41, 5.74) is -0.550. The summed E-state index contributed by atoms with van der Waals surface area (Å²) >= 11 is 0. The summed E-state index contributed by atoms with van der Waals surface area (Å²) in [4.78, 5) is 49.6. The average molecular weight is 409 g/mol. The van der Waals surface area contributed by atoms with Gasteiger partial charge in [-0.25, -0.2) is 4.79 Å². The molecule has 0 heterocycles. The van der Waals surface area contributed by atoms with Gasteiger partial charge in [-0.15, -0.1) is 0 Å². The maximum Gasteiger partial charge on any atom is 0.327 e. The molecule has 0 aliphatic heterocycles. The molecule has 0 aromatic rings. The quantitative estimate of drug-likeness (QED) is 0.558. The van der Waals surface area contributed by atoms with Gasteiger partial charge in [-0.2, -0.15) is 0 Å². The van der Waals surface area contributed by atoms with Crippen LogP contribution in [0.15, 0.2) is 0 Å². The second-order valence-corrected chi connectivity index (χ2v) is 8.85. The lowest BCUT2D eigenvalue weighted by molar-refractivity contribution is -0.162. The molecule has 2 atom stereocenters. The normalized spacial score (nSPS) is 31.6. The van der Waals surface area contributed by atoms with Gasteiger partial charge in [0, 0.05) is 5.41 Å². The number of aliphatic carboxylic acids is 1. The lowest BCUT2D eigenvalue weighted by Gasteiger charge is -2.55. The molecule has 8 heteroatoms. The highest BCUT2D eigenvalue weighted by molar-refractivity contribution is 5.92. The minimum atomic E-state index is -1.53. The zero-order chi connectivity index (χ0) is 21.2. The third-order valence-corrected chi connectivity index (χ3v) is 6.76. The van der Waals surface area contributed by atoms with Gasteiger partial charge in [0.1, 0.15) is 6.04 Å². The Morgan fingerprint density at radius 3 is 1.93 bits per heavy atom. The Labute approximate surface area is 170 Å². The number of carboxylic acids is 1. The molecule has 29 heavy (non-hydrogen) atoms. The van der Waals surface area contributed by atoms with E-state index >= 15 is 0 Å². The first-order valence-corrected chi connectivity index (χ1v) is 10.6. The molecular weight excluding hydrogens is 378 g/mol. The van der Waals surface area contributed by atoms with Gasteiger partial charge in [-0.05, 0) is 70.1 Å². The third-order valence-electron chi connectivity index (χ3n) is 6.76. The molecule has 0 aromatic carbocycles. The van der Waals surface area contributed by atoms with E-state index in [4.69, 9.17) is 9.47 Å². The van der Waals surface area contributed by atoms with Crippen LogP contribution in [0.5, 0.6) is 0 Å². The molecule has 4 aliphatic rings. The van der Waals surface area contributed by atoms with Crippen molar-refractivity contribution in [2.75, 3.05) is 13.2 Å². The van der Waals surface area contributed by atoms with E-state index in [2.05, 4.69) is 5.32 Å². The Morgan fingerprint density at radius 2 is 1.48 bits per heavy atom. The molecule has 162 valence electrons. The standard InChI is InChI=1S/C21H31NO7/c1-3-28-16(23)8-15(19(26)29-4-2)17(18(24)25)22-20(27)21-9-12-5-13(10-21)7-14(6-12)11-21/h12-15,17H,3-11H2,1-2H3,(H,22,27)(H,24,25)/t12?,13?,14?,15-,17+,21?/m0/s1. The number of carbonyl (C=O) groups excluding carboxylic acids is 3. The fourth-order valence-electron chi connectivity index (χ4n) is 6.00. The molecule has 4 aliphatic carbocycles. The van der Waals surface area contributed by atoms with Gasteiger partial charge in [0.15, 0.2) is 0 Å². The molecule has 0 radical (unpaired) electrons.